The van der Waals surface area contributed by atoms with E-state index in [0.29, 0.717) is 11.6 Å². The molecule has 3 saturated carbocycles. The molecular formula is C25H26FN9O. The van der Waals surface area contributed by atoms with E-state index in [1.54, 1.807) is 12.3 Å². The molecule has 0 saturated heterocycles. The van der Waals surface area contributed by atoms with Gasteiger partial charge in [-0.3, -0.25) is 9.89 Å². The minimum atomic E-state index is -0.422. The zero-order valence-electron chi connectivity index (χ0n) is 20.2. The lowest BCUT2D eigenvalue weighted by Crippen LogP contribution is -2.70. The van der Waals surface area contributed by atoms with Gasteiger partial charge in [0.05, 0.1) is 29.5 Å². The number of aryl methyl sites for hydroxylation is 2. The van der Waals surface area contributed by atoms with E-state index in [0.717, 1.165) is 54.1 Å². The van der Waals surface area contributed by atoms with Gasteiger partial charge in [0.2, 0.25) is 5.91 Å². The van der Waals surface area contributed by atoms with Crippen LogP contribution in [-0.2, 0) is 10.2 Å². The van der Waals surface area contributed by atoms with Crippen molar-refractivity contribution in [2.24, 2.45) is 5.41 Å². The van der Waals surface area contributed by atoms with E-state index < -0.39 is 5.82 Å². The number of carbonyl (C=O) groups excluding carboxylic acids is 1. The fraction of sp³-hybridized carbons (Fsp3) is 0.360. The molecule has 3 fully saturated rings. The average Bonchev–Trinajstić information content (AvgIpc) is 3.39. The third-order valence-corrected chi connectivity index (χ3v) is 7.21. The molecule has 7 rings (SSSR count). The van der Waals surface area contributed by atoms with Gasteiger partial charge in [-0.15, -0.1) is 0 Å². The second-order valence-electron chi connectivity index (χ2n) is 10.1. The van der Waals surface area contributed by atoms with Gasteiger partial charge >= 0.3 is 0 Å². The van der Waals surface area contributed by atoms with Gasteiger partial charge in [0.1, 0.15) is 17.5 Å². The zero-order valence-corrected chi connectivity index (χ0v) is 20.2. The molecule has 0 radical (unpaired) electrons. The van der Waals surface area contributed by atoms with Crippen molar-refractivity contribution in [3.63, 3.8) is 0 Å². The molecule has 0 aromatic carbocycles. The van der Waals surface area contributed by atoms with E-state index in [2.05, 4.69) is 30.9 Å². The van der Waals surface area contributed by atoms with Crippen LogP contribution in [0.25, 0.3) is 5.82 Å². The van der Waals surface area contributed by atoms with Crippen LogP contribution in [0.2, 0.25) is 0 Å². The molecule has 0 aliphatic heterocycles. The van der Waals surface area contributed by atoms with E-state index in [4.69, 9.17) is 9.97 Å². The fourth-order valence-corrected chi connectivity index (χ4v) is 5.41. The van der Waals surface area contributed by atoms with E-state index in [-0.39, 0.29) is 22.8 Å². The zero-order chi connectivity index (χ0) is 25.1. The highest BCUT2D eigenvalue weighted by atomic mass is 19.1. The smallest absolute Gasteiger partial charge is 0.226 e. The van der Waals surface area contributed by atoms with Gasteiger partial charge in [-0.25, -0.2) is 24.0 Å². The number of pyridine rings is 1. The molecule has 2 bridgehead atoms. The molecule has 1 atom stereocenters. The molecule has 3 aliphatic rings. The van der Waals surface area contributed by atoms with Crippen LogP contribution >= 0.6 is 0 Å². The van der Waals surface area contributed by atoms with E-state index in [1.165, 1.54) is 10.9 Å². The maximum absolute atomic E-state index is 13.2. The summed E-state index contributed by atoms with van der Waals surface area (Å²) in [6.45, 7) is 5.80. The summed E-state index contributed by atoms with van der Waals surface area (Å²) >= 11 is 0. The molecule has 1 amide bonds. The summed E-state index contributed by atoms with van der Waals surface area (Å²) in [6.07, 6.45) is 6.31. The number of hydrogen-bond donors (Lipinski definition) is 3. The number of anilines is 2. The number of aromatic amines is 1. The lowest BCUT2D eigenvalue weighted by molar-refractivity contribution is -0.178. The van der Waals surface area contributed by atoms with Crippen LogP contribution in [0.1, 0.15) is 55.0 Å². The Kier molecular flexibility index (Phi) is 4.92. The topological polar surface area (TPSA) is 126 Å². The van der Waals surface area contributed by atoms with Crippen molar-refractivity contribution in [2.75, 3.05) is 5.32 Å². The summed E-state index contributed by atoms with van der Waals surface area (Å²) < 4.78 is 14.6. The standard InChI is InChI=1S/C25H26FN9O/c1-14-6-19(31-20-7-15(2)33-34-20)32-22(29-14)24-11-25(12-24,13-24)23(36)30-16(3)17-4-5-21(27-8-17)35-10-18(26)9-28-35/h4-10,16H,11-13H2,1-3H3,(H,30,36)(H2,29,31,32,33,34)/t16-,24?,25?/m0/s1. The van der Waals surface area contributed by atoms with E-state index in [1.807, 2.05) is 39.0 Å². The Bertz CT molecular complexity index is 1440. The van der Waals surface area contributed by atoms with Gasteiger partial charge in [-0.2, -0.15) is 10.2 Å². The largest absolute Gasteiger partial charge is 0.349 e. The Morgan fingerprint density at radius 2 is 1.94 bits per heavy atom. The predicted molar refractivity (Wildman–Crippen MR) is 129 cm³/mol. The normalized spacial score (nSPS) is 22.9. The van der Waals surface area contributed by atoms with Crippen molar-refractivity contribution in [3.8, 4) is 5.82 Å². The van der Waals surface area contributed by atoms with Crippen LogP contribution in [0, 0.1) is 25.1 Å². The average molecular weight is 488 g/mol. The van der Waals surface area contributed by atoms with Crippen molar-refractivity contribution in [1.82, 2.24) is 40.2 Å². The maximum Gasteiger partial charge on any atom is 0.226 e. The summed E-state index contributed by atoms with van der Waals surface area (Å²) in [6, 6.07) is 7.23. The van der Waals surface area contributed by atoms with Crippen LogP contribution in [0.4, 0.5) is 16.0 Å². The Morgan fingerprint density at radius 3 is 2.58 bits per heavy atom. The fourth-order valence-electron chi connectivity index (χ4n) is 5.41. The number of H-pyrrole nitrogens is 1. The molecule has 10 nitrogen and oxygen atoms in total. The van der Waals surface area contributed by atoms with Crippen LogP contribution in [-0.4, -0.2) is 40.8 Å². The molecule has 184 valence electrons. The monoisotopic (exact) mass is 487 g/mol. The minimum absolute atomic E-state index is 0.0500. The maximum atomic E-state index is 13.2. The molecule has 36 heavy (non-hydrogen) atoms. The number of hydrogen-bond acceptors (Lipinski definition) is 7. The summed E-state index contributed by atoms with van der Waals surface area (Å²) in [5.41, 5.74) is 2.13. The number of halogens is 1. The van der Waals surface area contributed by atoms with Crippen LogP contribution in [0.15, 0.2) is 42.9 Å². The lowest BCUT2D eigenvalue weighted by Gasteiger charge is -2.68. The number of nitrogens with zero attached hydrogens (tertiary/aromatic N) is 6. The SMILES string of the molecule is Cc1cc(Nc2cc(C)nc(C34CC(C(=O)N[C@@H](C)c5ccc(-n6cc(F)cn6)nc5)(C3)C4)n2)[nH]n1. The molecule has 4 aromatic rings. The second-order valence-corrected chi connectivity index (χ2v) is 10.1. The van der Waals surface area contributed by atoms with Crippen molar-refractivity contribution in [3.05, 3.63) is 71.4 Å². The third kappa shape index (κ3) is 3.71. The molecule has 3 N–H and O–H groups in total. The number of aromatic nitrogens is 7. The Labute approximate surface area is 206 Å². The molecule has 0 unspecified atom stereocenters. The van der Waals surface area contributed by atoms with Gasteiger partial charge in [-0.1, -0.05) is 6.07 Å². The summed E-state index contributed by atoms with van der Waals surface area (Å²) in [4.78, 5) is 27.0. The van der Waals surface area contributed by atoms with Crippen LogP contribution in [0.3, 0.4) is 0 Å². The summed E-state index contributed by atoms with van der Waals surface area (Å²) in [7, 11) is 0. The molecular weight excluding hydrogens is 461 g/mol. The Hall–Kier alpha value is -4.15. The summed E-state index contributed by atoms with van der Waals surface area (Å²) in [5.74, 6) is 2.42. The first-order valence-electron chi connectivity index (χ1n) is 11.9. The van der Waals surface area contributed by atoms with Crippen molar-refractivity contribution in [2.45, 2.75) is 51.5 Å². The molecule has 0 spiro atoms. The molecule has 11 heteroatoms. The van der Waals surface area contributed by atoms with Gasteiger partial charge < -0.3 is 10.6 Å². The first-order chi connectivity index (χ1) is 17.2. The highest BCUT2D eigenvalue weighted by molar-refractivity contribution is 5.87. The first-order valence-corrected chi connectivity index (χ1v) is 11.9. The number of carbonyl (C=O) groups is 1. The quantitative estimate of drug-likeness (QED) is 0.364. The van der Waals surface area contributed by atoms with Crippen LogP contribution in [0.5, 0.6) is 0 Å². The molecule has 4 aromatic heterocycles. The number of amides is 1. The van der Waals surface area contributed by atoms with Crippen LogP contribution < -0.4 is 10.6 Å². The van der Waals surface area contributed by atoms with Gasteiger partial charge in [0.15, 0.2) is 11.6 Å². The van der Waals surface area contributed by atoms with Crippen molar-refractivity contribution in [1.29, 1.82) is 0 Å². The highest BCUT2D eigenvalue weighted by Gasteiger charge is 2.73. The number of nitrogens with one attached hydrogen (secondary N) is 3. The van der Waals surface area contributed by atoms with Gasteiger partial charge in [0, 0.05) is 29.4 Å². The summed E-state index contributed by atoms with van der Waals surface area (Å²) in [5, 5.41) is 17.4. The van der Waals surface area contributed by atoms with Gasteiger partial charge in [-0.05, 0) is 51.7 Å². The van der Waals surface area contributed by atoms with E-state index >= 15 is 0 Å². The molecule has 4 heterocycles. The van der Waals surface area contributed by atoms with E-state index in [9.17, 15) is 9.18 Å². The van der Waals surface area contributed by atoms with Gasteiger partial charge in [0.25, 0.3) is 0 Å². The van der Waals surface area contributed by atoms with Crippen molar-refractivity contribution < 1.29 is 9.18 Å². The Morgan fingerprint density at radius 1 is 1.14 bits per heavy atom. The first kappa shape index (κ1) is 22.3. The molecule has 3 aliphatic carbocycles. The minimum Gasteiger partial charge on any atom is -0.349 e. The lowest BCUT2D eigenvalue weighted by atomic mass is 9.34. The predicted octanol–water partition coefficient (Wildman–Crippen LogP) is 3.58. The highest BCUT2D eigenvalue weighted by Crippen LogP contribution is 2.73. The second kappa shape index (κ2) is 7.94. The number of rotatable bonds is 7. The third-order valence-electron chi connectivity index (χ3n) is 7.21. The van der Waals surface area contributed by atoms with Crippen molar-refractivity contribution >= 4 is 17.5 Å². The Balaban J connectivity index is 1.09.